The molecule has 100 valence electrons. The summed E-state index contributed by atoms with van der Waals surface area (Å²) in [4.78, 5) is 11.7. The molecule has 0 radical (unpaired) electrons. The Morgan fingerprint density at radius 1 is 1.61 bits per heavy atom. The van der Waals surface area contributed by atoms with E-state index in [1.807, 2.05) is 0 Å². The average Bonchev–Trinajstić information content (AvgIpc) is 2.82. The summed E-state index contributed by atoms with van der Waals surface area (Å²) < 4.78 is 10.5. The highest BCUT2D eigenvalue weighted by atomic mass is 16.5. The number of hydrogen-bond acceptors (Lipinski definition) is 5. The first kappa shape index (κ1) is 13.0. The number of aromatic nitrogens is 1. The van der Waals surface area contributed by atoms with Gasteiger partial charge in [-0.25, -0.2) is 0 Å². The molecule has 1 aromatic rings. The highest BCUT2D eigenvalue weighted by Crippen LogP contribution is 2.07. The average molecular weight is 253 g/mol. The van der Waals surface area contributed by atoms with Crippen LogP contribution in [0.5, 0.6) is 0 Å². The highest BCUT2D eigenvalue weighted by molar-refractivity contribution is 5.94. The zero-order valence-corrected chi connectivity index (χ0v) is 10.6. The Hall–Kier alpha value is -1.40. The van der Waals surface area contributed by atoms with Gasteiger partial charge in [-0.15, -0.1) is 0 Å². The first-order chi connectivity index (χ1) is 8.77. The SMILES string of the molecule is Cc1oncc1C(=O)NCCOC1CCNCC1. The molecule has 0 atom stereocenters. The van der Waals surface area contributed by atoms with Crippen LogP contribution in [0.2, 0.25) is 0 Å². The van der Waals surface area contributed by atoms with Gasteiger partial charge in [0.1, 0.15) is 11.3 Å². The van der Waals surface area contributed by atoms with Crippen molar-refractivity contribution in [2.24, 2.45) is 0 Å². The number of nitrogens with zero attached hydrogens (tertiary/aromatic N) is 1. The smallest absolute Gasteiger partial charge is 0.256 e. The van der Waals surface area contributed by atoms with Crippen molar-refractivity contribution < 1.29 is 14.1 Å². The lowest BCUT2D eigenvalue weighted by Crippen LogP contribution is -2.34. The van der Waals surface area contributed by atoms with E-state index < -0.39 is 0 Å². The maximum Gasteiger partial charge on any atom is 0.256 e. The van der Waals surface area contributed by atoms with Crippen LogP contribution in [0.15, 0.2) is 10.7 Å². The molecule has 6 heteroatoms. The number of piperidine rings is 1. The van der Waals surface area contributed by atoms with E-state index in [9.17, 15) is 4.79 Å². The standard InChI is InChI=1S/C12H19N3O3/c1-9-11(8-15-18-9)12(16)14-6-7-17-10-2-4-13-5-3-10/h8,10,13H,2-7H2,1H3,(H,14,16). The number of aryl methyl sites for hydroxylation is 1. The fraction of sp³-hybridized carbons (Fsp3) is 0.667. The summed E-state index contributed by atoms with van der Waals surface area (Å²) >= 11 is 0. The van der Waals surface area contributed by atoms with Crippen molar-refractivity contribution in [1.82, 2.24) is 15.8 Å². The molecule has 18 heavy (non-hydrogen) atoms. The number of rotatable bonds is 5. The van der Waals surface area contributed by atoms with E-state index in [1.54, 1.807) is 6.92 Å². The molecule has 0 unspecified atom stereocenters. The number of carbonyl (C=O) groups is 1. The minimum absolute atomic E-state index is 0.164. The van der Waals surface area contributed by atoms with Gasteiger partial charge in [0.25, 0.3) is 5.91 Å². The summed E-state index contributed by atoms with van der Waals surface area (Å²) in [5.41, 5.74) is 0.483. The Morgan fingerprint density at radius 3 is 3.06 bits per heavy atom. The molecular weight excluding hydrogens is 234 g/mol. The van der Waals surface area contributed by atoms with Gasteiger partial charge in [0.2, 0.25) is 0 Å². The number of hydrogen-bond donors (Lipinski definition) is 2. The van der Waals surface area contributed by atoms with Crippen molar-refractivity contribution in [3.05, 3.63) is 17.5 Å². The van der Waals surface area contributed by atoms with Gasteiger partial charge in [0.05, 0.1) is 18.9 Å². The molecule has 1 aromatic heterocycles. The van der Waals surface area contributed by atoms with E-state index in [2.05, 4.69) is 15.8 Å². The summed E-state index contributed by atoms with van der Waals surface area (Å²) in [5.74, 6) is 0.370. The molecule has 0 bridgehead atoms. The second-order valence-corrected chi connectivity index (χ2v) is 4.37. The molecule has 0 saturated carbocycles. The van der Waals surface area contributed by atoms with E-state index >= 15 is 0 Å². The van der Waals surface area contributed by atoms with Crippen LogP contribution >= 0.6 is 0 Å². The van der Waals surface area contributed by atoms with E-state index in [-0.39, 0.29) is 5.91 Å². The third-order valence-electron chi connectivity index (χ3n) is 3.02. The molecule has 0 aromatic carbocycles. The monoisotopic (exact) mass is 253 g/mol. The summed E-state index contributed by atoms with van der Waals surface area (Å²) in [6.07, 6.45) is 3.83. The van der Waals surface area contributed by atoms with Crippen molar-refractivity contribution in [3.63, 3.8) is 0 Å². The first-order valence-electron chi connectivity index (χ1n) is 6.29. The van der Waals surface area contributed by atoms with Gasteiger partial charge < -0.3 is 19.9 Å². The van der Waals surface area contributed by atoms with Crippen LogP contribution < -0.4 is 10.6 Å². The third kappa shape index (κ3) is 3.54. The third-order valence-corrected chi connectivity index (χ3v) is 3.02. The van der Waals surface area contributed by atoms with Gasteiger partial charge in [-0.2, -0.15) is 0 Å². The van der Waals surface area contributed by atoms with Gasteiger partial charge in [0, 0.05) is 6.54 Å². The maximum atomic E-state index is 11.7. The van der Waals surface area contributed by atoms with Crippen molar-refractivity contribution in [1.29, 1.82) is 0 Å². The van der Waals surface area contributed by atoms with Crippen molar-refractivity contribution in [2.45, 2.75) is 25.9 Å². The van der Waals surface area contributed by atoms with Gasteiger partial charge in [-0.3, -0.25) is 4.79 Å². The minimum atomic E-state index is -0.164. The van der Waals surface area contributed by atoms with E-state index in [1.165, 1.54) is 6.20 Å². The van der Waals surface area contributed by atoms with Gasteiger partial charge in [-0.1, -0.05) is 5.16 Å². The molecule has 1 aliphatic rings. The summed E-state index contributed by atoms with van der Waals surface area (Å²) in [5, 5.41) is 9.64. The van der Waals surface area contributed by atoms with Gasteiger partial charge in [0.15, 0.2) is 0 Å². The van der Waals surface area contributed by atoms with Crippen LogP contribution in [0.1, 0.15) is 29.0 Å². The molecule has 0 spiro atoms. The van der Waals surface area contributed by atoms with E-state index in [4.69, 9.17) is 9.26 Å². The Morgan fingerprint density at radius 2 is 2.39 bits per heavy atom. The molecule has 0 aliphatic carbocycles. The Kier molecular flexibility index (Phi) is 4.72. The van der Waals surface area contributed by atoms with Crippen molar-refractivity contribution in [3.8, 4) is 0 Å². The summed E-state index contributed by atoms with van der Waals surface area (Å²) in [6.45, 7) is 4.79. The second-order valence-electron chi connectivity index (χ2n) is 4.37. The lowest BCUT2D eigenvalue weighted by Gasteiger charge is -2.22. The van der Waals surface area contributed by atoms with Crippen molar-refractivity contribution in [2.75, 3.05) is 26.2 Å². The normalized spacial score (nSPS) is 16.7. The highest BCUT2D eigenvalue weighted by Gasteiger charge is 2.14. The molecule has 1 saturated heterocycles. The predicted molar refractivity (Wildman–Crippen MR) is 65.4 cm³/mol. The quantitative estimate of drug-likeness (QED) is 0.746. The molecule has 1 aliphatic heterocycles. The van der Waals surface area contributed by atoms with Gasteiger partial charge in [-0.05, 0) is 32.9 Å². The van der Waals surface area contributed by atoms with Crippen LogP contribution in [0.25, 0.3) is 0 Å². The summed E-state index contributed by atoms with van der Waals surface area (Å²) in [7, 11) is 0. The summed E-state index contributed by atoms with van der Waals surface area (Å²) in [6, 6.07) is 0. The molecule has 2 heterocycles. The van der Waals surface area contributed by atoms with Crippen LogP contribution in [-0.2, 0) is 4.74 Å². The van der Waals surface area contributed by atoms with Crippen molar-refractivity contribution >= 4 is 5.91 Å². The predicted octanol–water partition coefficient (Wildman–Crippen LogP) is 0.481. The molecule has 1 fully saturated rings. The van der Waals surface area contributed by atoms with Gasteiger partial charge >= 0.3 is 0 Å². The first-order valence-corrected chi connectivity index (χ1v) is 6.29. The molecule has 1 amide bonds. The molecule has 2 rings (SSSR count). The fourth-order valence-electron chi connectivity index (χ4n) is 1.96. The Bertz CT molecular complexity index is 386. The largest absolute Gasteiger partial charge is 0.376 e. The fourth-order valence-corrected chi connectivity index (χ4v) is 1.96. The minimum Gasteiger partial charge on any atom is -0.376 e. The van der Waals surface area contributed by atoms with E-state index in [0.29, 0.717) is 30.6 Å². The lowest BCUT2D eigenvalue weighted by atomic mass is 10.1. The van der Waals surface area contributed by atoms with Crippen LogP contribution in [0.3, 0.4) is 0 Å². The maximum absolute atomic E-state index is 11.7. The lowest BCUT2D eigenvalue weighted by molar-refractivity contribution is 0.0343. The zero-order valence-electron chi connectivity index (χ0n) is 10.6. The van der Waals surface area contributed by atoms with Crippen LogP contribution in [0.4, 0.5) is 0 Å². The molecule has 6 nitrogen and oxygen atoms in total. The number of nitrogens with one attached hydrogen (secondary N) is 2. The Labute approximate surface area is 106 Å². The van der Waals surface area contributed by atoms with E-state index in [0.717, 1.165) is 25.9 Å². The number of ether oxygens (including phenoxy) is 1. The Balaban J connectivity index is 1.63. The number of carbonyl (C=O) groups excluding carboxylic acids is 1. The van der Waals surface area contributed by atoms with Crippen LogP contribution in [0, 0.1) is 6.92 Å². The molecule has 2 N–H and O–H groups in total. The molecular formula is C12H19N3O3. The second kappa shape index (κ2) is 6.51. The zero-order chi connectivity index (χ0) is 12.8. The van der Waals surface area contributed by atoms with Crippen LogP contribution in [-0.4, -0.2) is 43.4 Å². The topological polar surface area (TPSA) is 76.4 Å². The number of amides is 1.